The Morgan fingerprint density at radius 1 is 0.576 bits per heavy atom. The lowest BCUT2D eigenvalue weighted by Crippen LogP contribution is -2.21. The molecule has 33 heavy (non-hydrogen) atoms. The molecule has 0 bridgehead atoms. The summed E-state index contributed by atoms with van der Waals surface area (Å²) in [6, 6.07) is 18.2. The molecule has 0 saturated carbocycles. The van der Waals surface area contributed by atoms with Gasteiger partial charge in [-0.25, -0.2) is 0 Å². The molecule has 3 aromatic carbocycles. The Kier molecular flexibility index (Phi) is 7.95. The molecule has 0 spiro atoms. The molecule has 0 amide bonds. The van der Waals surface area contributed by atoms with Crippen LogP contribution < -0.4 is 9.47 Å². The van der Waals surface area contributed by atoms with Crippen molar-refractivity contribution in [1.82, 2.24) is 0 Å². The quantitative estimate of drug-likeness (QED) is 0.285. The maximum absolute atomic E-state index is 14.5. The van der Waals surface area contributed by atoms with E-state index < -0.39 is 12.5 Å². The summed E-state index contributed by atoms with van der Waals surface area (Å²) in [5.74, 6) is -0.225. The van der Waals surface area contributed by atoms with Crippen molar-refractivity contribution < 1.29 is 31.4 Å². The second-order valence-corrected chi connectivity index (χ2v) is 7.76. The Labute approximate surface area is 190 Å². The Morgan fingerprint density at radius 2 is 1.00 bits per heavy atom. The van der Waals surface area contributed by atoms with Gasteiger partial charge in [-0.2, -0.15) is 8.78 Å². The number of ether oxygens (including phenoxy) is 2. The topological polar surface area (TPSA) is 18.5 Å². The number of alkyl halides is 5. The van der Waals surface area contributed by atoms with Gasteiger partial charge in [0.25, 0.3) is 0 Å². The highest BCUT2D eigenvalue weighted by atomic mass is 19.4. The summed E-state index contributed by atoms with van der Waals surface area (Å²) in [6.45, 7) is 2.08. The molecule has 0 radical (unpaired) electrons. The highest BCUT2D eigenvalue weighted by Gasteiger charge is 2.34. The van der Waals surface area contributed by atoms with Crippen LogP contribution in [0.15, 0.2) is 72.8 Å². The van der Waals surface area contributed by atoms with Crippen molar-refractivity contribution in [3.63, 3.8) is 0 Å². The SMILES string of the molecule is CCCCc1ccc(C(F)(F)Oc2ccc(CCc3ccc(OC(F)(F)F)cc3)cc2)cc1. The number of unbranched alkanes of at least 4 members (excludes halogenated alkanes) is 1. The Morgan fingerprint density at radius 3 is 1.45 bits per heavy atom. The van der Waals surface area contributed by atoms with Gasteiger partial charge in [-0.15, -0.1) is 13.2 Å². The van der Waals surface area contributed by atoms with Gasteiger partial charge in [-0.1, -0.05) is 49.7 Å². The highest BCUT2D eigenvalue weighted by molar-refractivity contribution is 5.32. The lowest BCUT2D eigenvalue weighted by molar-refractivity contribution is -0.274. The van der Waals surface area contributed by atoms with E-state index >= 15 is 0 Å². The largest absolute Gasteiger partial charge is 0.573 e. The van der Waals surface area contributed by atoms with Gasteiger partial charge in [0.1, 0.15) is 11.5 Å². The molecule has 2 nitrogen and oxygen atoms in total. The van der Waals surface area contributed by atoms with Crippen molar-refractivity contribution in [2.75, 3.05) is 0 Å². The molecule has 0 aliphatic heterocycles. The van der Waals surface area contributed by atoms with Gasteiger partial charge < -0.3 is 9.47 Å². The van der Waals surface area contributed by atoms with Crippen LogP contribution in [0.3, 0.4) is 0 Å². The molecular formula is C26H25F5O2. The van der Waals surface area contributed by atoms with Gasteiger partial charge in [0.05, 0.1) is 5.56 Å². The highest BCUT2D eigenvalue weighted by Crippen LogP contribution is 2.32. The van der Waals surface area contributed by atoms with Crippen LogP contribution in [0.25, 0.3) is 0 Å². The maximum Gasteiger partial charge on any atom is 0.573 e. The Bertz CT molecular complexity index is 995. The van der Waals surface area contributed by atoms with E-state index in [-0.39, 0.29) is 17.1 Å². The van der Waals surface area contributed by atoms with Crippen LogP contribution in [0.4, 0.5) is 22.0 Å². The van der Waals surface area contributed by atoms with E-state index in [1.165, 1.54) is 36.4 Å². The predicted molar refractivity (Wildman–Crippen MR) is 117 cm³/mol. The minimum Gasteiger partial charge on any atom is -0.429 e. The molecular weight excluding hydrogens is 439 g/mol. The number of benzene rings is 3. The predicted octanol–water partition coefficient (Wildman–Crippen LogP) is 7.84. The Hall–Kier alpha value is -3.09. The standard InChI is InChI=1S/C26H25F5O2/c1-2-3-4-19-7-13-22(14-8-19)25(27,28)32-23-15-9-20(10-16-23)5-6-21-11-17-24(18-12-21)33-26(29,30)31/h7-18H,2-6H2,1H3. The zero-order chi connectivity index (χ0) is 23.9. The molecule has 0 atom stereocenters. The fourth-order valence-corrected chi connectivity index (χ4v) is 3.32. The number of hydrogen-bond acceptors (Lipinski definition) is 2. The van der Waals surface area contributed by atoms with E-state index in [1.54, 1.807) is 36.4 Å². The van der Waals surface area contributed by atoms with Gasteiger partial charge in [0, 0.05) is 0 Å². The van der Waals surface area contributed by atoms with Crippen molar-refractivity contribution in [2.45, 2.75) is 51.5 Å². The second kappa shape index (κ2) is 10.7. The van der Waals surface area contributed by atoms with Crippen molar-refractivity contribution in [2.24, 2.45) is 0 Å². The lowest BCUT2D eigenvalue weighted by atomic mass is 10.0. The summed E-state index contributed by atoms with van der Waals surface area (Å²) in [5.41, 5.74) is 2.54. The van der Waals surface area contributed by atoms with Gasteiger partial charge in [0.2, 0.25) is 0 Å². The van der Waals surface area contributed by atoms with Crippen molar-refractivity contribution in [3.05, 3.63) is 95.1 Å². The first-order valence-electron chi connectivity index (χ1n) is 10.7. The molecule has 3 rings (SSSR count). The zero-order valence-electron chi connectivity index (χ0n) is 18.2. The first-order chi connectivity index (χ1) is 15.6. The van der Waals surface area contributed by atoms with Gasteiger partial charge in [-0.05, 0) is 78.8 Å². The second-order valence-electron chi connectivity index (χ2n) is 7.76. The minimum absolute atomic E-state index is 0.0486. The Balaban J connectivity index is 1.54. The smallest absolute Gasteiger partial charge is 0.429 e. The number of hydrogen-bond donors (Lipinski definition) is 0. The number of aryl methyl sites for hydroxylation is 3. The van der Waals surface area contributed by atoms with Crippen molar-refractivity contribution in [1.29, 1.82) is 0 Å². The van der Waals surface area contributed by atoms with Gasteiger partial charge in [0.15, 0.2) is 0 Å². The molecule has 0 heterocycles. The molecule has 0 saturated heterocycles. The lowest BCUT2D eigenvalue weighted by Gasteiger charge is -2.19. The summed E-state index contributed by atoms with van der Waals surface area (Å²) in [5, 5.41) is 0. The monoisotopic (exact) mass is 464 g/mol. The molecule has 176 valence electrons. The fourth-order valence-electron chi connectivity index (χ4n) is 3.32. The minimum atomic E-state index is -4.72. The van der Waals surface area contributed by atoms with E-state index in [4.69, 9.17) is 4.74 Å². The summed E-state index contributed by atoms with van der Waals surface area (Å²) in [6.07, 6.45) is -4.10. The van der Waals surface area contributed by atoms with Crippen LogP contribution in [0.5, 0.6) is 11.5 Å². The molecule has 0 aliphatic carbocycles. The van der Waals surface area contributed by atoms with E-state index in [1.807, 2.05) is 0 Å². The summed E-state index contributed by atoms with van der Waals surface area (Å²) in [4.78, 5) is 0. The molecule has 0 aliphatic rings. The summed E-state index contributed by atoms with van der Waals surface area (Å²) in [7, 11) is 0. The van der Waals surface area contributed by atoms with Crippen LogP contribution in [0, 0.1) is 0 Å². The molecule has 7 heteroatoms. The third-order valence-corrected chi connectivity index (χ3v) is 5.14. The van der Waals surface area contributed by atoms with Crippen molar-refractivity contribution >= 4 is 0 Å². The molecule has 0 N–H and O–H groups in total. The molecule has 3 aromatic rings. The van der Waals surface area contributed by atoms with E-state index in [0.717, 1.165) is 36.0 Å². The number of rotatable bonds is 10. The van der Waals surface area contributed by atoms with E-state index in [9.17, 15) is 22.0 Å². The normalized spacial score (nSPS) is 11.9. The van der Waals surface area contributed by atoms with Crippen LogP contribution in [0.2, 0.25) is 0 Å². The zero-order valence-corrected chi connectivity index (χ0v) is 18.2. The first kappa shape index (κ1) is 24.6. The first-order valence-corrected chi connectivity index (χ1v) is 10.7. The van der Waals surface area contributed by atoms with Crippen LogP contribution in [0.1, 0.15) is 42.0 Å². The van der Waals surface area contributed by atoms with E-state index in [0.29, 0.717) is 12.8 Å². The third-order valence-electron chi connectivity index (χ3n) is 5.14. The summed E-state index contributed by atoms with van der Waals surface area (Å²) >= 11 is 0. The molecule has 0 unspecified atom stereocenters. The van der Waals surface area contributed by atoms with Crippen LogP contribution >= 0.6 is 0 Å². The maximum atomic E-state index is 14.5. The van der Waals surface area contributed by atoms with Crippen LogP contribution in [-0.2, 0) is 25.4 Å². The van der Waals surface area contributed by atoms with Crippen molar-refractivity contribution in [3.8, 4) is 11.5 Å². The summed E-state index contributed by atoms with van der Waals surface area (Å²) < 4.78 is 74.5. The molecule has 0 fully saturated rings. The fraction of sp³-hybridized carbons (Fsp3) is 0.308. The van der Waals surface area contributed by atoms with E-state index in [2.05, 4.69) is 11.7 Å². The number of halogens is 5. The van der Waals surface area contributed by atoms with Gasteiger partial charge in [-0.3, -0.25) is 0 Å². The third kappa shape index (κ3) is 7.77. The average molecular weight is 464 g/mol. The molecule has 0 aromatic heterocycles. The van der Waals surface area contributed by atoms with Crippen LogP contribution in [-0.4, -0.2) is 6.36 Å². The average Bonchev–Trinajstić information content (AvgIpc) is 2.77. The van der Waals surface area contributed by atoms with Gasteiger partial charge >= 0.3 is 12.5 Å².